The van der Waals surface area contributed by atoms with Gasteiger partial charge in [0.15, 0.2) is 6.61 Å². The lowest BCUT2D eigenvalue weighted by Crippen LogP contribution is -2.32. The molecule has 0 atom stereocenters. The topological polar surface area (TPSA) is 128 Å². The fourth-order valence-corrected chi connectivity index (χ4v) is 4.39. The summed E-state index contributed by atoms with van der Waals surface area (Å²) in [6.45, 7) is -0.324. The minimum absolute atomic E-state index is 0.0200. The summed E-state index contributed by atoms with van der Waals surface area (Å²) >= 11 is 0. The van der Waals surface area contributed by atoms with E-state index in [1.54, 1.807) is 0 Å². The fraction of sp³-hybridized carbons (Fsp3) is 0.316. The number of carbonyl (C=O) groups excluding carboxylic acids is 1. The Morgan fingerprint density at radius 1 is 1.14 bits per heavy atom. The molecular formula is C19H21N3O6S. The Balaban J connectivity index is 1.53. The number of anilines is 1. The highest BCUT2D eigenvalue weighted by Crippen LogP contribution is 2.22. The van der Waals surface area contributed by atoms with E-state index in [0.717, 1.165) is 25.7 Å². The second-order valence-corrected chi connectivity index (χ2v) is 8.43. The predicted molar refractivity (Wildman–Crippen MR) is 106 cm³/mol. The highest BCUT2D eigenvalue weighted by Gasteiger charge is 2.22. The van der Waals surface area contributed by atoms with Gasteiger partial charge >= 0.3 is 0 Å². The molecule has 1 saturated carbocycles. The van der Waals surface area contributed by atoms with Gasteiger partial charge in [-0.15, -0.1) is 0 Å². The molecule has 0 saturated heterocycles. The van der Waals surface area contributed by atoms with Crippen LogP contribution in [-0.2, 0) is 14.8 Å². The van der Waals surface area contributed by atoms with E-state index < -0.39 is 20.9 Å². The Bertz CT molecular complexity index is 985. The van der Waals surface area contributed by atoms with E-state index in [2.05, 4.69) is 10.0 Å². The van der Waals surface area contributed by atoms with Gasteiger partial charge in [-0.2, -0.15) is 0 Å². The number of nitrogens with zero attached hydrogens (tertiary/aromatic N) is 1. The first kappa shape index (κ1) is 20.7. The van der Waals surface area contributed by atoms with Crippen LogP contribution >= 0.6 is 0 Å². The Morgan fingerprint density at radius 3 is 2.48 bits per heavy atom. The third-order valence-electron chi connectivity index (χ3n) is 4.52. The molecule has 0 spiro atoms. The SMILES string of the molecule is O=C(COc1ccc(S(=O)(=O)NC2CCCC2)cc1)Nc1cccc([N+](=O)[O-])c1. The van der Waals surface area contributed by atoms with E-state index in [-0.39, 0.29) is 28.9 Å². The number of amides is 1. The first-order valence-electron chi connectivity index (χ1n) is 9.13. The molecule has 154 valence electrons. The average Bonchev–Trinajstić information content (AvgIpc) is 3.19. The number of hydrogen-bond donors (Lipinski definition) is 2. The van der Waals surface area contributed by atoms with Crippen molar-refractivity contribution in [2.45, 2.75) is 36.6 Å². The van der Waals surface area contributed by atoms with Crippen molar-refractivity contribution < 1.29 is 22.9 Å². The Kier molecular flexibility index (Phi) is 6.45. The van der Waals surface area contributed by atoms with Gasteiger partial charge in [0.25, 0.3) is 11.6 Å². The molecule has 0 radical (unpaired) electrons. The second-order valence-electron chi connectivity index (χ2n) is 6.72. The van der Waals surface area contributed by atoms with Gasteiger partial charge in [-0.1, -0.05) is 18.9 Å². The maximum absolute atomic E-state index is 12.4. The highest BCUT2D eigenvalue weighted by atomic mass is 32.2. The summed E-state index contributed by atoms with van der Waals surface area (Å²) in [5.74, 6) is -0.163. The van der Waals surface area contributed by atoms with E-state index in [9.17, 15) is 23.3 Å². The van der Waals surface area contributed by atoms with Crippen molar-refractivity contribution in [2.24, 2.45) is 0 Å². The monoisotopic (exact) mass is 419 g/mol. The lowest BCUT2D eigenvalue weighted by molar-refractivity contribution is -0.384. The van der Waals surface area contributed by atoms with Crippen LogP contribution in [0.4, 0.5) is 11.4 Å². The molecule has 2 aromatic carbocycles. The number of nitrogens with one attached hydrogen (secondary N) is 2. The summed E-state index contributed by atoms with van der Waals surface area (Å²) in [4.78, 5) is 22.3. The molecule has 1 aliphatic rings. The third-order valence-corrected chi connectivity index (χ3v) is 6.06. The molecular weight excluding hydrogens is 398 g/mol. The van der Waals surface area contributed by atoms with Crippen LogP contribution < -0.4 is 14.8 Å². The van der Waals surface area contributed by atoms with Gasteiger partial charge in [-0.3, -0.25) is 14.9 Å². The number of nitro benzene ring substituents is 1. The Labute approximate surface area is 168 Å². The van der Waals surface area contributed by atoms with Crippen molar-refractivity contribution in [3.63, 3.8) is 0 Å². The van der Waals surface area contributed by atoms with E-state index in [1.165, 1.54) is 48.5 Å². The van der Waals surface area contributed by atoms with Crippen molar-refractivity contribution in [1.29, 1.82) is 0 Å². The molecule has 2 N–H and O–H groups in total. The number of carbonyl (C=O) groups is 1. The van der Waals surface area contributed by atoms with Crippen molar-refractivity contribution in [3.8, 4) is 5.75 Å². The van der Waals surface area contributed by atoms with E-state index in [1.807, 2.05) is 0 Å². The van der Waals surface area contributed by atoms with E-state index >= 15 is 0 Å². The van der Waals surface area contributed by atoms with Gasteiger partial charge in [-0.05, 0) is 43.2 Å². The predicted octanol–water partition coefficient (Wildman–Crippen LogP) is 2.83. The van der Waals surface area contributed by atoms with Gasteiger partial charge in [0.1, 0.15) is 5.75 Å². The van der Waals surface area contributed by atoms with Crippen LogP contribution in [0.1, 0.15) is 25.7 Å². The number of benzene rings is 2. The van der Waals surface area contributed by atoms with Crippen molar-refractivity contribution in [2.75, 3.05) is 11.9 Å². The molecule has 2 aromatic rings. The molecule has 9 nitrogen and oxygen atoms in total. The summed E-state index contributed by atoms with van der Waals surface area (Å²) in [5, 5.41) is 13.3. The fourth-order valence-electron chi connectivity index (χ4n) is 3.09. The van der Waals surface area contributed by atoms with Crippen molar-refractivity contribution >= 4 is 27.3 Å². The quantitative estimate of drug-likeness (QED) is 0.500. The Hall–Kier alpha value is -2.98. The molecule has 3 rings (SSSR count). The minimum Gasteiger partial charge on any atom is -0.484 e. The Morgan fingerprint density at radius 2 is 1.83 bits per heavy atom. The summed E-state index contributed by atoms with van der Waals surface area (Å²) in [7, 11) is -3.58. The van der Waals surface area contributed by atoms with Crippen molar-refractivity contribution in [3.05, 3.63) is 58.6 Å². The number of ether oxygens (including phenoxy) is 1. The largest absolute Gasteiger partial charge is 0.484 e. The molecule has 0 unspecified atom stereocenters. The normalized spacial score (nSPS) is 14.5. The summed E-state index contributed by atoms with van der Waals surface area (Å²) < 4.78 is 32.8. The molecule has 1 fully saturated rings. The zero-order valence-electron chi connectivity index (χ0n) is 15.5. The van der Waals surface area contributed by atoms with Crippen LogP contribution in [0.5, 0.6) is 5.75 Å². The van der Waals surface area contributed by atoms with E-state index in [0.29, 0.717) is 5.75 Å². The van der Waals surface area contributed by atoms with E-state index in [4.69, 9.17) is 4.74 Å². The van der Waals surface area contributed by atoms with Gasteiger partial charge < -0.3 is 10.1 Å². The summed E-state index contributed by atoms with van der Waals surface area (Å²) in [6.07, 6.45) is 3.75. The third kappa shape index (κ3) is 5.75. The molecule has 29 heavy (non-hydrogen) atoms. The molecule has 0 aliphatic heterocycles. The number of sulfonamides is 1. The van der Waals surface area contributed by atoms with Crippen molar-refractivity contribution in [1.82, 2.24) is 4.72 Å². The first-order valence-corrected chi connectivity index (χ1v) is 10.6. The smallest absolute Gasteiger partial charge is 0.271 e. The first-order chi connectivity index (χ1) is 13.8. The van der Waals surface area contributed by atoms with Crippen LogP contribution in [0.25, 0.3) is 0 Å². The van der Waals surface area contributed by atoms with Gasteiger partial charge in [0.2, 0.25) is 10.0 Å². The standard InChI is InChI=1S/C19H21N3O6S/c23-19(20-15-6-3-7-16(12-15)22(24)25)13-28-17-8-10-18(11-9-17)29(26,27)21-14-4-1-2-5-14/h3,6-12,14,21H,1-2,4-5,13H2,(H,20,23). The minimum atomic E-state index is -3.58. The van der Waals surface area contributed by atoms with Crippen LogP contribution in [0.2, 0.25) is 0 Å². The lowest BCUT2D eigenvalue weighted by Gasteiger charge is -2.13. The van der Waals surface area contributed by atoms with Gasteiger partial charge in [0, 0.05) is 23.9 Å². The van der Waals surface area contributed by atoms with Crippen LogP contribution in [-0.4, -0.2) is 31.9 Å². The number of non-ortho nitro benzene ring substituents is 1. The van der Waals surface area contributed by atoms with Gasteiger partial charge in [0.05, 0.1) is 9.82 Å². The summed E-state index contributed by atoms with van der Waals surface area (Å²) in [6, 6.07) is 11.3. The van der Waals surface area contributed by atoms with Crippen LogP contribution in [0.15, 0.2) is 53.4 Å². The highest BCUT2D eigenvalue weighted by molar-refractivity contribution is 7.89. The maximum Gasteiger partial charge on any atom is 0.271 e. The zero-order valence-corrected chi connectivity index (χ0v) is 16.4. The second kappa shape index (κ2) is 9.01. The lowest BCUT2D eigenvalue weighted by atomic mass is 10.3. The molecule has 1 aliphatic carbocycles. The molecule has 0 bridgehead atoms. The maximum atomic E-state index is 12.4. The molecule has 1 amide bonds. The number of nitro groups is 1. The zero-order chi connectivity index (χ0) is 20.9. The van der Waals surface area contributed by atoms with Crippen LogP contribution in [0.3, 0.4) is 0 Å². The average molecular weight is 419 g/mol. The number of hydrogen-bond acceptors (Lipinski definition) is 6. The van der Waals surface area contributed by atoms with Gasteiger partial charge in [-0.25, -0.2) is 13.1 Å². The van der Waals surface area contributed by atoms with Crippen LogP contribution in [0, 0.1) is 10.1 Å². The number of rotatable bonds is 8. The molecule has 10 heteroatoms. The molecule has 0 aromatic heterocycles. The molecule has 0 heterocycles. The summed E-state index contributed by atoms with van der Waals surface area (Å²) in [5.41, 5.74) is 0.152.